The summed E-state index contributed by atoms with van der Waals surface area (Å²) in [5.74, 6) is 0.404. The van der Waals surface area contributed by atoms with Gasteiger partial charge in [0.15, 0.2) is 0 Å². The minimum absolute atomic E-state index is 0.0126. The van der Waals surface area contributed by atoms with Gasteiger partial charge < -0.3 is 4.90 Å². The number of hydrogen-bond acceptors (Lipinski definition) is 3. The fourth-order valence-corrected chi connectivity index (χ4v) is 3.27. The highest BCUT2D eigenvalue weighted by atomic mass is 19.1. The summed E-state index contributed by atoms with van der Waals surface area (Å²) in [6.45, 7) is 0.699. The number of imidazole rings is 1. The van der Waals surface area contributed by atoms with Gasteiger partial charge in [-0.15, -0.1) is 0 Å². The quantitative estimate of drug-likeness (QED) is 0.737. The molecular weight excluding hydrogens is 319 g/mol. The molecule has 3 aromatic rings. The molecule has 0 unspecified atom stereocenters. The summed E-state index contributed by atoms with van der Waals surface area (Å²) < 4.78 is 14.9. The number of carbonyl (C=O) groups excluding carboxylic acids is 1. The monoisotopic (exact) mass is 336 g/mol. The highest BCUT2D eigenvalue weighted by molar-refractivity contribution is 5.94. The van der Waals surface area contributed by atoms with Gasteiger partial charge in [-0.3, -0.25) is 9.36 Å². The minimum atomic E-state index is -0.265. The Kier molecular flexibility index (Phi) is 4.01. The molecule has 1 saturated heterocycles. The normalized spacial score (nSPS) is 17.0. The average molecular weight is 336 g/mol. The van der Waals surface area contributed by atoms with Gasteiger partial charge in [0.25, 0.3) is 5.91 Å². The van der Waals surface area contributed by atoms with Crippen LogP contribution in [0.1, 0.15) is 34.8 Å². The largest absolute Gasteiger partial charge is 0.332 e. The van der Waals surface area contributed by atoms with E-state index < -0.39 is 0 Å². The first-order valence-corrected chi connectivity index (χ1v) is 8.23. The van der Waals surface area contributed by atoms with Crippen LogP contribution in [0.25, 0.3) is 5.82 Å². The Labute approximate surface area is 144 Å². The van der Waals surface area contributed by atoms with E-state index in [-0.39, 0.29) is 17.8 Å². The van der Waals surface area contributed by atoms with Crippen molar-refractivity contribution in [3.05, 3.63) is 78.3 Å². The van der Waals surface area contributed by atoms with E-state index >= 15 is 0 Å². The SMILES string of the molecule is O=C(c1ccc(-n2ccnc2)nc1)N1CCC[C@H]1c1ccc(F)cc1. The smallest absolute Gasteiger partial charge is 0.255 e. The summed E-state index contributed by atoms with van der Waals surface area (Å²) in [6, 6.07) is 9.97. The van der Waals surface area contributed by atoms with Gasteiger partial charge in [0, 0.05) is 25.1 Å². The van der Waals surface area contributed by atoms with Crippen LogP contribution in [0.15, 0.2) is 61.3 Å². The second-order valence-corrected chi connectivity index (χ2v) is 6.08. The fraction of sp³-hybridized carbons (Fsp3) is 0.211. The molecule has 1 aliphatic heterocycles. The van der Waals surface area contributed by atoms with E-state index in [2.05, 4.69) is 9.97 Å². The number of pyridine rings is 1. The van der Waals surface area contributed by atoms with Crippen molar-refractivity contribution >= 4 is 5.91 Å². The highest BCUT2D eigenvalue weighted by Crippen LogP contribution is 2.33. The van der Waals surface area contributed by atoms with Crippen LogP contribution in [-0.4, -0.2) is 31.9 Å². The maximum absolute atomic E-state index is 13.2. The van der Waals surface area contributed by atoms with Crippen molar-refractivity contribution < 1.29 is 9.18 Å². The molecule has 0 aliphatic carbocycles. The molecule has 126 valence electrons. The molecule has 25 heavy (non-hydrogen) atoms. The van der Waals surface area contributed by atoms with Crippen LogP contribution in [0.2, 0.25) is 0 Å². The lowest BCUT2D eigenvalue weighted by Crippen LogP contribution is -2.30. The highest BCUT2D eigenvalue weighted by Gasteiger charge is 2.30. The first-order valence-electron chi connectivity index (χ1n) is 8.23. The fourth-order valence-electron chi connectivity index (χ4n) is 3.27. The Morgan fingerprint density at radius 2 is 2.00 bits per heavy atom. The van der Waals surface area contributed by atoms with Crippen LogP contribution in [0.4, 0.5) is 4.39 Å². The average Bonchev–Trinajstić information content (AvgIpc) is 3.34. The lowest BCUT2D eigenvalue weighted by Gasteiger charge is -2.25. The molecule has 5 nitrogen and oxygen atoms in total. The molecule has 1 aromatic carbocycles. The van der Waals surface area contributed by atoms with Crippen LogP contribution in [0.3, 0.4) is 0 Å². The van der Waals surface area contributed by atoms with Gasteiger partial charge in [0.2, 0.25) is 0 Å². The summed E-state index contributed by atoms with van der Waals surface area (Å²) in [5.41, 5.74) is 1.52. The van der Waals surface area contributed by atoms with Gasteiger partial charge in [0.05, 0.1) is 11.6 Å². The van der Waals surface area contributed by atoms with Crippen LogP contribution < -0.4 is 0 Å². The molecule has 3 heterocycles. The summed E-state index contributed by atoms with van der Waals surface area (Å²) in [7, 11) is 0. The van der Waals surface area contributed by atoms with Gasteiger partial charge >= 0.3 is 0 Å². The van der Waals surface area contributed by atoms with E-state index in [4.69, 9.17) is 0 Å². The van der Waals surface area contributed by atoms with Gasteiger partial charge in [0.1, 0.15) is 18.0 Å². The summed E-state index contributed by atoms with van der Waals surface area (Å²) in [4.78, 5) is 23.1. The minimum Gasteiger partial charge on any atom is -0.332 e. The molecule has 2 aromatic heterocycles. The van der Waals surface area contributed by atoms with Crippen molar-refractivity contribution in [3.8, 4) is 5.82 Å². The Morgan fingerprint density at radius 3 is 2.68 bits per heavy atom. The number of halogens is 1. The number of hydrogen-bond donors (Lipinski definition) is 0. The molecular formula is C19H17FN4O. The maximum Gasteiger partial charge on any atom is 0.255 e. The zero-order chi connectivity index (χ0) is 17.2. The molecule has 1 fully saturated rings. The number of likely N-dealkylation sites (tertiary alicyclic amines) is 1. The van der Waals surface area contributed by atoms with E-state index in [0.717, 1.165) is 18.4 Å². The first-order chi connectivity index (χ1) is 12.2. The van der Waals surface area contributed by atoms with Crippen molar-refractivity contribution in [3.63, 3.8) is 0 Å². The zero-order valence-electron chi connectivity index (χ0n) is 13.5. The molecule has 4 rings (SSSR count). The van der Waals surface area contributed by atoms with Crippen LogP contribution in [0, 0.1) is 5.82 Å². The molecule has 0 spiro atoms. The molecule has 6 heteroatoms. The molecule has 1 aliphatic rings. The summed E-state index contributed by atoms with van der Waals surface area (Å²) in [6.07, 6.45) is 8.56. The molecule has 0 saturated carbocycles. The van der Waals surface area contributed by atoms with Crippen LogP contribution in [-0.2, 0) is 0 Å². The van der Waals surface area contributed by atoms with Crippen molar-refractivity contribution in [2.45, 2.75) is 18.9 Å². The number of benzene rings is 1. The van der Waals surface area contributed by atoms with E-state index in [9.17, 15) is 9.18 Å². The summed E-state index contributed by atoms with van der Waals surface area (Å²) >= 11 is 0. The molecule has 1 atom stereocenters. The Bertz CT molecular complexity index is 859. The van der Waals surface area contributed by atoms with E-state index in [1.165, 1.54) is 12.1 Å². The third-order valence-corrected chi connectivity index (χ3v) is 4.53. The third-order valence-electron chi connectivity index (χ3n) is 4.53. The standard InChI is InChI=1S/C19H17FN4O/c20-16-6-3-14(4-7-16)17-2-1-10-24(17)19(25)15-5-8-18(22-12-15)23-11-9-21-13-23/h3-9,11-13,17H,1-2,10H2/t17-/m0/s1. The molecule has 1 amide bonds. The number of rotatable bonds is 3. The zero-order valence-corrected chi connectivity index (χ0v) is 13.5. The topological polar surface area (TPSA) is 51.0 Å². The van der Waals surface area contributed by atoms with Crippen molar-refractivity contribution in [2.24, 2.45) is 0 Å². The molecule has 0 bridgehead atoms. The molecule has 0 N–H and O–H groups in total. The van der Waals surface area contributed by atoms with E-state index in [0.29, 0.717) is 17.9 Å². The van der Waals surface area contributed by atoms with Gasteiger partial charge in [-0.25, -0.2) is 14.4 Å². The van der Waals surface area contributed by atoms with E-state index in [1.54, 1.807) is 53.8 Å². The third kappa shape index (κ3) is 3.03. The van der Waals surface area contributed by atoms with E-state index in [1.807, 2.05) is 4.90 Å². The van der Waals surface area contributed by atoms with Crippen LogP contribution >= 0.6 is 0 Å². The van der Waals surface area contributed by atoms with Crippen molar-refractivity contribution in [1.29, 1.82) is 0 Å². The number of carbonyl (C=O) groups is 1. The second-order valence-electron chi connectivity index (χ2n) is 6.08. The second kappa shape index (κ2) is 6.47. The van der Waals surface area contributed by atoms with Gasteiger partial charge in [-0.05, 0) is 42.7 Å². The lowest BCUT2D eigenvalue weighted by molar-refractivity contribution is 0.0735. The number of amides is 1. The predicted molar refractivity (Wildman–Crippen MR) is 90.8 cm³/mol. The Balaban J connectivity index is 1.56. The maximum atomic E-state index is 13.2. The number of aromatic nitrogens is 3. The summed E-state index contributed by atoms with van der Waals surface area (Å²) in [5, 5.41) is 0. The number of nitrogens with zero attached hydrogens (tertiary/aromatic N) is 4. The van der Waals surface area contributed by atoms with Crippen molar-refractivity contribution in [2.75, 3.05) is 6.54 Å². The van der Waals surface area contributed by atoms with Gasteiger partial charge in [-0.1, -0.05) is 12.1 Å². The van der Waals surface area contributed by atoms with Crippen molar-refractivity contribution in [1.82, 2.24) is 19.4 Å². The molecule has 0 radical (unpaired) electrons. The van der Waals surface area contributed by atoms with Crippen LogP contribution in [0.5, 0.6) is 0 Å². The Hall–Kier alpha value is -3.02. The predicted octanol–water partition coefficient (Wildman–Crippen LogP) is 3.38. The van der Waals surface area contributed by atoms with Gasteiger partial charge in [-0.2, -0.15) is 0 Å². The lowest BCUT2D eigenvalue weighted by atomic mass is 10.0. The first kappa shape index (κ1) is 15.5. The Morgan fingerprint density at radius 1 is 1.16 bits per heavy atom.